The lowest BCUT2D eigenvalue weighted by Crippen LogP contribution is -2.13. The number of carbonyl (C=O) groups is 1. The van der Waals surface area contributed by atoms with Crippen molar-refractivity contribution in [3.63, 3.8) is 0 Å². The summed E-state index contributed by atoms with van der Waals surface area (Å²) in [5, 5.41) is 17.3. The molecule has 0 bridgehead atoms. The highest BCUT2D eigenvalue weighted by atomic mass is 35.5. The van der Waals surface area contributed by atoms with Gasteiger partial charge in [-0.3, -0.25) is 0 Å². The van der Waals surface area contributed by atoms with Crippen molar-refractivity contribution >= 4 is 17.6 Å². The van der Waals surface area contributed by atoms with Crippen LogP contribution in [0.3, 0.4) is 0 Å². The molecule has 0 saturated heterocycles. The summed E-state index contributed by atoms with van der Waals surface area (Å²) in [6.45, 7) is 0. The summed E-state index contributed by atoms with van der Waals surface area (Å²) in [5.74, 6) is -2.15. The normalized spacial score (nSPS) is 11.0. The second-order valence-corrected chi connectivity index (χ2v) is 3.37. The van der Waals surface area contributed by atoms with E-state index in [0.717, 1.165) is 6.07 Å². The second kappa shape index (κ2) is 4.63. The van der Waals surface area contributed by atoms with E-state index < -0.39 is 34.7 Å². The minimum absolute atomic E-state index is 0.372. The summed E-state index contributed by atoms with van der Waals surface area (Å²) in [6, 6.07) is 2.94. The lowest BCUT2D eigenvalue weighted by molar-refractivity contribution is -0.138. The van der Waals surface area contributed by atoms with Crippen molar-refractivity contribution < 1.29 is 23.1 Å². The predicted octanol–water partition coefficient (Wildman–Crippen LogP) is 3.01. The van der Waals surface area contributed by atoms with Gasteiger partial charge >= 0.3 is 12.1 Å². The zero-order chi connectivity index (χ0) is 13.2. The molecule has 1 aromatic rings. The molecule has 0 aliphatic carbocycles. The van der Waals surface area contributed by atoms with Gasteiger partial charge in [0.15, 0.2) is 0 Å². The highest BCUT2D eigenvalue weighted by molar-refractivity contribution is 6.17. The number of alkyl halides is 4. The summed E-state index contributed by atoms with van der Waals surface area (Å²) in [6.07, 6.45) is -4.75. The number of halogens is 4. The lowest BCUT2D eigenvalue weighted by Gasteiger charge is -2.13. The van der Waals surface area contributed by atoms with Gasteiger partial charge in [-0.15, -0.1) is 11.6 Å². The molecular weight excluding hydrogens is 259 g/mol. The van der Waals surface area contributed by atoms with Crippen LogP contribution in [0.1, 0.15) is 27.0 Å². The quantitative estimate of drug-likeness (QED) is 0.834. The molecule has 0 saturated carbocycles. The Labute approximate surface area is 99.0 Å². The molecule has 0 aliphatic rings. The summed E-state index contributed by atoms with van der Waals surface area (Å²) in [7, 11) is 0. The number of carboxylic acids is 1. The molecule has 0 atom stereocenters. The molecule has 7 heteroatoms. The number of benzene rings is 1. The van der Waals surface area contributed by atoms with Crippen LogP contribution in [0, 0.1) is 11.3 Å². The molecule has 17 heavy (non-hydrogen) atoms. The Balaban J connectivity index is 3.64. The van der Waals surface area contributed by atoms with Crippen molar-refractivity contribution in [1.82, 2.24) is 0 Å². The Morgan fingerprint density at radius 2 is 2.06 bits per heavy atom. The molecule has 0 aliphatic heterocycles. The lowest BCUT2D eigenvalue weighted by atomic mass is 9.98. The highest BCUT2D eigenvalue weighted by Crippen LogP contribution is 2.35. The van der Waals surface area contributed by atoms with E-state index in [9.17, 15) is 18.0 Å². The van der Waals surface area contributed by atoms with Gasteiger partial charge < -0.3 is 5.11 Å². The van der Waals surface area contributed by atoms with Crippen LogP contribution in [-0.4, -0.2) is 11.1 Å². The van der Waals surface area contributed by atoms with E-state index in [0.29, 0.717) is 6.07 Å². The minimum Gasteiger partial charge on any atom is -0.478 e. The van der Waals surface area contributed by atoms with Crippen molar-refractivity contribution in [1.29, 1.82) is 5.26 Å². The number of hydrogen-bond donors (Lipinski definition) is 1. The Morgan fingerprint density at radius 3 is 2.41 bits per heavy atom. The molecule has 1 N–H and O–H groups in total. The van der Waals surface area contributed by atoms with E-state index in [4.69, 9.17) is 22.0 Å². The van der Waals surface area contributed by atoms with Gasteiger partial charge in [-0.2, -0.15) is 18.4 Å². The van der Waals surface area contributed by atoms with Crippen LogP contribution < -0.4 is 0 Å². The molecule has 3 nitrogen and oxygen atoms in total. The minimum atomic E-state index is -4.75. The van der Waals surface area contributed by atoms with E-state index in [-0.39, 0.29) is 5.56 Å². The van der Waals surface area contributed by atoms with E-state index >= 15 is 0 Å². The standard InChI is InChI=1S/C10H5ClF3NO2/c11-3-7-6(9(16)17)1-5(4-15)2-8(7)10(12,13)14/h1-2H,3H2,(H,16,17). The molecule has 0 aromatic heterocycles. The third-order valence-electron chi connectivity index (χ3n) is 2.05. The van der Waals surface area contributed by atoms with Crippen molar-refractivity contribution in [2.75, 3.05) is 0 Å². The predicted molar refractivity (Wildman–Crippen MR) is 52.7 cm³/mol. The van der Waals surface area contributed by atoms with Crippen LogP contribution >= 0.6 is 11.6 Å². The molecule has 0 amide bonds. The van der Waals surface area contributed by atoms with Crippen LogP contribution in [0.5, 0.6) is 0 Å². The first kappa shape index (κ1) is 13.3. The summed E-state index contributed by atoms with van der Waals surface area (Å²) in [4.78, 5) is 10.8. The average molecular weight is 264 g/mol. The maximum absolute atomic E-state index is 12.6. The maximum Gasteiger partial charge on any atom is 0.416 e. The van der Waals surface area contributed by atoms with Crippen molar-refractivity contribution in [2.24, 2.45) is 0 Å². The zero-order valence-corrected chi connectivity index (χ0v) is 8.93. The number of rotatable bonds is 2. The van der Waals surface area contributed by atoms with E-state index in [1.54, 1.807) is 0 Å². The number of nitriles is 1. The SMILES string of the molecule is N#Cc1cc(C(=O)O)c(CCl)c(C(F)(F)F)c1. The molecule has 0 heterocycles. The maximum atomic E-state index is 12.6. The van der Waals surface area contributed by atoms with Crippen LogP contribution in [0.15, 0.2) is 12.1 Å². The van der Waals surface area contributed by atoms with Gasteiger partial charge in [0, 0.05) is 5.88 Å². The Bertz CT molecular complexity index is 505. The van der Waals surface area contributed by atoms with Crippen LogP contribution in [0.4, 0.5) is 13.2 Å². The number of nitrogens with zero attached hydrogens (tertiary/aromatic N) is 1. The van der Waals surface area contributed by atoms with Crippen molar-refractivity contribution in [3.05, 3.63) is 34.4 Å². The van der Waals surface area contributed by atoms with Gasteiger partial charge in [-0.25, -0.2) is 4.79 Å². The fraction of sp³-hybridized carbons (Fsp3) is 0.200. The monoisotopic (exact) mass is 263 g/mol. The average Bonchev–Trinajstić information content (AvgIpc) is 2.25. The van der Waals surface area contributed by atoms with Gasteiger partial charge in [0.25, 0.3) is 0 Å². The zero-order valence-electron chi connectivity index (χ0n) is 8.18. The number of hydrogen-bond acceptors (Lipinski definition) is 2. The molecule has 90 valence electrons. The summed E-state index contributed by atoms with van der Waals surface area (Å²) < 4.78 is 37.9. The summed E-state index contributed by atoms with van der Waals surface area (Å²) in [5.41, 5.74) is -2.70. The van der Waals surface area contributed by atoms with E-state index in [2.05, 4.69) is 0 Å². The first-order chi connectivity index (χ1) is 7.81. The third-order valence-corrected chi connectivity index (χ3v) is 2.32. The first-order valence-electron chi connectivity index (χ1n) is 4.24. The largest absolute Gasteiger partial charge is 0.478 e. The Kier molecular flexibility index (Phi) is 3.63. The van der Waals surface area contributed by atoms with E-state index in [1.807, 2.05) is 0 Å². The highest BCUT2D eigenvalue weighted by Gasteiger charge is 2.35. The fourth-order valence-electron chi connectivity index (χ4n) is 1.32. The van der Waals surface area contributed by atoms with E-state index in [1.165, 1.54) is 6.07 Å². The number of aromatic carboxylic acids is 1. The Morgan fingerprint density at radius 1 is 1.47 bits per heavy atom. The smallest absolute Gasteiger partial charge is 0.416 e. The third kappa shape index (κ3) is 2.68. The molecular formula is C10H5ClF3NO2. The van der Waals surface area contributed by atoms with Gasteiger partial charge in [-0.1, -0.05) is 0 Å². The van der Waals surface area contributed by atoms with Crippen molar-refractivity contribution in [3.8, 4) is 6.07 Å². The fourth-order valence-corrected chi connectivity index (χ4v) is 1.61. The van der Waals surface area contributed by atoms with Gasteiger partial charge in [0.2, 0.25) is 0 Å². The van der Waals surface area contributed by atoms with Crippen LogP contribution in [-0.2, 0) is 12.1 Å². The number of carboxylic acid groups (broad SMARTS) is 1. The van der Waals surface area contributed by atoms with Gasteiger partial charge in [-0.05, 0) is 17.7 Å². The topological polar surface area (TPSA) is 61.1 Å². The van der Waals surface area contributed by atoms with Crippen molar-refractivity contribution in [2.45, 2.75) is 12.1 Å². The molecule has 0 radical (unpaired) electrons. The molecule has 1 aromatic carbocycles. The molecule has 0 spiro atoms. The first-order valence-corrected chi connectivity index (χ1v) is 4.78. The molecule has 0 fully saturated rings. The molecule has 1 rings (SSSR count). The summed E-state index contributed by atoms with van der Waals surface area (Å²) >= 11 is 5.34. The van der Waals surface area contributed by atoms with Crippen LogP contribution in [0.25, 0.3) is 0 Å². The van der Waals surface area contributed by atoms with Gasteiger partial charge in [0.05, 0.1) is 22.8 Å². The van der Waals surface area contributed by atoms with Crippen LogP contribution in [0.2, 0.25) is 0 Å². The second-order valence-electron chi connectivity index (χ2n) is 3.10. The van der Waals surface area contributed by atoms with Gasteiger partial charge in [0.1, 0.15) is 0 Å². The molecule has 0 unspecified atom stereocenters. The Hall–Kier alpha value is -1.74.